The van der Waals surface area contributed by atoms with Crippen molar-refractivity contribution >= 4 is 11.5 Å². The molecule has 5 heteroatoms. The highest BCUT2D eigenvalue weighted by molar-refractivity contribution is 5.65. The standard InChI is InChI=1S/C19H19N5/c20-14-6-7-17-16(12-14)19(22-15-4-2-1-3-5-15)24-18(23-17)13-8-10-21-11-9-13/h1-5,8-11,14H,6-7,12,20H2,(H,22,23,24). The van der Waals surface area contributed by atoms with Crippen molar-refractivity contribution in [3.8, 4) is 11.4 Å². The molecule has 1 unspecified atom stereocenters. The molecule has 0 saturated heterocycles. The van der Waals surface area contributed by atoms with Gasteiger partial charge in [0.25, 0.3) is 0 Å². The van der Waals surface area contributed by atoms with Gasteiger partial charge in [0, 0.05) is 40.9 Å². The van der Waals surface area contributed by atoms with E-state index in [0.717, 1.165) is 53.4 Å². The first-order valence-corrected chi connectivity index (χ1v) is 8.17. The van der Waals surface area contributed by atoms with E-state index in [9.17, 15) is 0 Å². The minimum Gasteiger partial charge on any atom is -0.340 e. The fraction of sp³-hybridized carbons (Fsp3) is 0.211. The molecule has 120 valence electrons. The lowest BCUT2D eigenvalue weighted by Gasteiger charge is -2.24. The zero-order chi connectivity index (χ0) is 16.4. The second-order valence-electron chi connectivity index (χ2n) is 6.05. The van der Waals surface area contributed by atoms with Crippen molar-refractivity contribution in [2.75, 3.05) is 5.32 Å². The number of rotatable bonds is 3. The summed E-state index contributed by atoms with van der Waals surface area (Å²) in [5, 5.41) is 3.44. The first-order chi connectivity index (χ1) is 11.8. The molecular formula is C19H19N5. The van der Waals surface area contributed by atoms with Crippen molar-refractivity contribution in [1.29, 1.82) is 0 Å². The molecule has 0 fully saturated rings. The first-order valence-electron chi connectivity index (χ1n) is 8.17. The minimum absolute atomic E-state index is 0.171. The highest BCUT2D eigenvalue weighted by atomic mass is 15.0. The monoisotopic (exact) mass is 317 g/mol. The van der Waals surface area contributed by atoms with Crippen molar-refractivity contribution in [3.05, 3.63) is 66.1 Å². The molecule has 5 nitrogen and oxygen atoms in total. The lowest BCUT2D eigenvalue weighted by molar-refractivity contribution is 0.566. The van der Waals surface area contributed by atoms with Gasteiger partial charge in [0.2, 0.25) is 0 Å². The molecule has 0 aliphatic heterocycles. The fourth-order valence-electron chi connectivity index (χ4n) is 3.03. The van der Waals surface area contributed by atoms with E-state index in [1.165, 1.54) is 0 Å². The maximum Gasteiger partial charge on any atom is 0.161 e. The van der Waals surface area contributed by atoms with Crippen molar-refractivity contribution in [2.45, 2.75) is 25.3 Å². The van der Waals surface area contributed by atoms with Crippen LogP contribution in [-0.2, 0) is 12.8 Å². The van der Waals surface area contributed by atoms with Gasteiger partial charge in [-0.2, -0.15) is 0 Å². The van der Waals surface area contributed by atoms with Gasteiger partial charge in [-0.1, -0.05) is 18.2 Å². The SMILES string of the molecule is NC1CCc2nc(-c3ccncc3)nc(Nc3ccccc3)c2C1. The number of hydrogen-bond acceptors (Lipinski definition) is 5. The summed E-state index contributed by atoms with van der Waals surface area (Å²) in [6.07, 6.45) is 6.18. The number of pyridine rings is 1. The van der Waals surface area contributed by atoms with Gasteiger partial charge in [-0.15, -0.1) is 0 Å². The number of benzene rings is 1. The number of aromatic nitrogens is 3. The van der Waals surface area contributed by atoms with Crippen LogP contribution in [0.4, 0.5) is 11.5 Å². The molecule has 2 aromatic heterocycles. The van der Waals surface area contributed by atoms with E-state index in [1.807, 2.05) is 42.5 Å². The highest BCUT2D eigenvalue weighted by Crippen LogP contribution is 2.29. The summed E-state index contributed by atoms with van der Waals surface area (Å²) in [6, 6.07) is 14.1. The van der Waals surface area contributed by atoms with E-state index in [2.05, 4.69) is 10.3 Å². The highest BCUT2D eigenvalue weighted by Gasteiger charge is 2.22. The van der Waals surface area contributed by atoms with E-state index in [-0.39, 0.29) is 6.04 Å². The third kappa shape index (κ3) is 2.98. The number of aryl methyl sites for hydroxylation is 1. The topological polar surface area (TPSA) is 76.7 Å². The van der Waals surface area contributed by atoms with Crippen molar-refractivity contribution in [1.82, 2.24) is 15.0 Å². The molecule has 0 amide bonds. The Balaban J connectivity index is 1.80. The molecule has 0 radical (unpaired) electrons. The first kappa shape index (κ1) is 14.8. The number of para-hydroxylation sites is 1. The largest absolute Gasteiger partial charge is 0.340 e. The predicted octanol–water partition coefficient (Wildman–Crippen LogP) is 3.10. The molecule has 4 rings (SSSR count). The minimum atomic E-state index is 0.171. The van der Waals surface area contributed by atoms with Gasteiger partial charge in [-0.05, 0) is 43.5 Å². The Kier molecular flexibility index (Phi) is 3.92. The summed E-state index contributed by atoms with van der Waals surface area (Å²) in [7, 11) is 0. The third-order valence-electron chi connectivity index (χ3n) is 4.29. The number of nitrogens with one attached hydrogen (secondary N) is 1. The summed E-state index contributed by atoms with van der Waals surface area (Å²) in [6.45, 7) is 0. The number of hydrogen-bond donors (Lipinski definition) is 2. The average molecular weight is 317 g/mol. The van der Waals surface area contributed by atoms with Crippen molar-refractivity contribution in [3.63, 3.8) is 0 Å². The van der Waals surface area contributed by atoms with Crippen LogP contribution in [-0.4, -0.2) is 21.0 Å². The summed E-state index contributed by atoms with van der Waals surface area (Å²) in [4.78, 5) is 13.6. The third-order valence-corrected chi connectivity index (χ3v) is 4.29. The number of nitrogens with two attached hydrogens (primary N) is 1. The van der Waals surface area contributed by atoms with E-state index < -0.39 is 0 Å². The smallest absolute Gasteiger partial charge is 0.161 e. The van der Waals surface area contributed by atoms with Crippen LogP contribution in [0.2, 0.25) is 0 Å². The van der Waals surface area contributed by atoms with Crippen LogP contribution >= 0.6 is 0 Å². The van der Waals surface area contributed by atoms with Crippen LogP contribution < -0.4 is 11.1 Å². The van der Waals surface area contributed by atoms with E-state index in [1.54, 1.807) is 12.4 Å². The maximum absolute atomic E-state index is 6.17. The second-order valence-corrected chi connectivity index (χ2v) is 6.05. The molecule has 1 atom stereocenters. The molecule has 0 bridgehead atoms. The molecule has 1 aromatic carbocycles. The molecule has 2 heterocycles. The molecule has 1 aliphatic rings. The van der Waals surface area contributed by atoms with Gasteiger partial charge in [0.1, 0.15) is 5.82 Å². The Morgan fingerprint density at radius 1 is 1.00 bits per heavy atom. The fourth-order valence-corrected chi connectivity index (χ4v) is 3.03. The maximum atomic E-state index is 6.17. The van der Waals surface area contributed by atoms with Crippen LogP contribution in [0.15, 0.2) is 54.9 Å². The summed E-state index contributed by atoms with van der Waals surface area (Å²) in [5.41, 5.74) is 10.4. The molecule has 0 spiro atoms. The van der Waals surface area contributed by atoms with Gasteiger partial charge < -0.3 is 11.1 Å². The molecule has 3 aromatic rings. The zero-order valence-electron chi connectivity index (χ0n) is 13.3. The molecular weight excluding hydrogens is 298 g/mol. The molecule has 24 heavy (non-hydrogen) atoms. The average Bonchev–Trinajstić information content (AvgIpc) is 2.63. The lowest BCUT2D eigenvalue weighted by atomic mass is 9.92. The van der Waals surface area contributed by atoms with Crippen molar-refractivity contribution < 1.29 is 0 Å². The normalized spacial score (nSPS) is 16.5. The van der Waals surface area contributed by atoms with Gasteiger partial charge in [-0.25, -0.2) is 9.97 Å². The van der Waals surface area contributed by atoms with Crippen molar-refractivity contribution in [2.24, 2.45) is 5.73 Å². The summed E-state index contributed by atoms with van der Waals surface area (Å²) in [5.74, 6) is 1.58. The van der Waals surface area contributed by atoms with E-state index in [0.29, 0.717) is 0 Å². The Hall–Kier alpha value is -2.79. The Labute approximate surface area is 141 Å². The van der Waals surface area contributed by atoms with Gasteiger partial charge in [-0.3, -0.25) is 4.98 Å². The Morgan fingerprint density at radius 3 is 2.58 bits per heavy atom. The predicted molar refractivity (Wildman–Crippen MR) is 95.0 cm³/mol. The lowest BCUT2D eigenvalue weighted by Crippen LogP contribution is -2.29. The second kappa shape index (κ2) is 6.37. The van der Waals surface area contributed by atoms with Gasteiger partial charge >= 0.3 is 0 Å². The van der Waals surface area contributed by atoms with Gasteiger partial charge in [0.15, 0.2) is 5.82 Å². The van der Waals surface area contributed by atoms with Crippen LogP contribution in [0.5, 0.6) is 0 Å². The molecule has 1 aliphatic carbocycles. The number of fused-ring (bicyclic) bond motifs is 1. The van der Waals surface area contributed by atoms with Crippen LogP contribution in [0.1, 0.15) is 17.7 Å². The van der Waals surface area contributed by atoms with E-state index in [4.69, 9.17) is 15.7 Å². The van der Waals surface area contributed by atoms with Crippen LogP contribution in [0.3, 0.4) is 0 Å². The number of nitrogens with zero attached hydrogens (tertiary/aromatic N) is 3. The summed E-state index contributed by atoms with van der Waals surface area (Å²) < 4.78 is 0. The Morgan fingerprint density at radius 2 is 1.79 bits per heavy atom. The summed E-state index contributed by atoms with van der Waals surface area (Å²) >= 11 is 0. The zero-order valence-corrected chi connectivity index (χ0v) is 13.3. The number of anilines is 2. The molecule has 0 saturated carbocycles. The van der Waals surface area contributed by atoms with Gasteiger partial charge in [0.05, 0.1) is 0 Å². The van der Waals surface area contributed by atoms with E-state index >= 15 is 0 Å². The Bertz CT molecular complexity index is 833. The molecule has 3 N–H and O–H groups in total. The van der Waals surface area contributed by atoms with Crippen LogP contribution in [0, 0.1) is 0 Å². The van der Waals surface area contributed by atoms with Crippen LogP contribution in [0.25, 0.3) is 11.4 Å². The quantitative estimate of drug-likeness (QED) is 0.776.